The van der Waals surface area contributed by atoms with Gasteiger partial charge in [0, 0.05) is 6.07 Å². The number of nitrogens with one attached hydrogen (secondary N) is 1. The minimum Gasteiger partial charge on any atom is -0.445 e. The molecular weight excluding hydrogens is 304 g/mol. The smallest absolute Gasteiger partial charge is 0.408 e. The van der Waals surface area contributed by atoms with E-state index in [0.29, 0.717) is 6.07 Å². The highest BCUT2D eigenvalue weighted by Gasteiger charge is 2.21. The van der Waals surface area contributed by atoms with E-state index in [9.17, 15) is 18.4 Å². The Bertz CT molecular complexity index is 704. The summed E-state index contributed by atoms with van der Waals surface area (Å²) >= 11 is 0. The van der Waals surface area contributed by atoms with Crippen LogP contribution in [0.25, 0.3) is 0 Å². The molecule has 0 unspecified atom stereocenters. The molecule has 120 valence electrons. The quantitative estimate of drug-likeness (QED) is 0.859. The third-order valence-corrected chi connectivity index (χ3v) is 3.14. The summed E-state index contributed by atoms with van der Waals surface area (Å²) in [5.74, 6) is -2.41. The molecule has 0 radical (unpaired) electrons. The number of rotatable bonds is 5. The van der Waals surface area contributed by atoms with E-state index in [1.165, 1.54) is 6.92 Å². The number of ketones is 1. The van der Waals surface area contributed by atoms with Gasteiger partial charge in [0.15, 0.2) is 5.78 Å². The van der Waals surface area contributed by atoms with Crippen LogP contribution in [0.5, 0.6) is 0 Å². The van der Waals surface area contributed by atoms with Gasteiger partial charge in [-0.05, 0) is 24.6 Å². The van der Waals surface area contributed by atoms with Gasteiger partial charge in [-0.3, -0.25) is 4.79 Å². The summed E-state index contributed by atoms with van der Waals surface area (Å²) in [4.78, 5) is 23.7. The van der Waals surface area contributed by atoms with Gasteiger partial charge in [0.1, 0.15) is 18.2 Å². The Labute approximate surface area is 132 Å². The van der Waals surface area contributed by atoms with Gasteiger partial charge in [0.05, 0.1) is 11.6 Å². The van der Waals surface area contributed by atoms with E-state index in [1.807, 2.05) is 6.07 Å². The van der Waals surface area contributed by atoms with Crippen molar-refractivity contribution in [1.29, 1.82) is 0 Å². The van der Waals surface area contributed by atoms with Crippen molar-refractivity contribution in [1.82, 2.24) is 5.32 Å². The first-order valence-corrected chi connectivity index (χ1v) is 6.94. The fourth-order valence-corrected chi connectivity index (χ4v) is 1.93. The van der Waals surface area contributed by atoms with Gasteiger partial charge in [-0.25, -0.2) is 13.6 Å². The largest absolute Gasteiger partial charge is 0.445 e. The first-order valence-electron chi connectivity index (χ1n) is 6.94. The molecule has 0 aliphatic carbocycles. The lowest BCUT2D eigenvalue weighted by molar-refractivity contribution is 0.0922. The molecule has 4 nitrogen and oxygen atoms in total. The van der Waals surface area contributed by atoms with Crippen LogP contribution in [0.4, 0.5) is 13.6 Å². The molecule has 0 saturated heterocycles. The van der Waals surface area contributed by atoms with Crippen molar-refractivity contribution in [3.63, 3.8) is 0 Å². The maximum Gasteiger partial charge on any atom is 0.408 e. The molecule has 2 aromatic carbocycles. The number of benzene rings is 2. The van der Waals surface area contributed by atoms with E-state index in [-0.39, 0.29) is 12.2 Å². The SMILES string of the molecule is C[C@@H](NC(=O)OCc1ccccc1)C(=O)c1ccc(F)cc1F. The summed E-state index contributed by atoms with van der Waals surface area (Å²) in [6, 6.07) is 10.7. The van der Waals surface area contributed by atoms with E-state index in [2.05, 4.69) is 5.32 Å². The van der Waals surface area contributed by atoms with Gasteiger partial charge in [0.2, 0.25) is 0 Å². The molecule has 1 atom stereocenters. The van der Waals surface area contributed by atoms with Crippen LogP contribution in [0.15, 0.2) is 48.5 Å². The van der Waals surface area contributed by atoms with Crippen LogP contribution in [0.1, 0.15) is 22.8 Å². The lowest BCUT2D eigenvalue weighted by Gasteiger charge is -2.13. The highest BCUT2D eigenvalue weighted by molar-refractivity contribution is 6.01. The van der Waals surface area contributed by atoms with Gasteiger partial charge in [0.25, 0.3) is 0 Å². The number of Topliss-reactive ketones (excluding diaryl/α,β-unsaturated/α-hetero) is 1. The first-order chi connectivity index (χ1) is 11.0. The maximum absolute atomic E-state index is 13.6. The Morgan fingerprint density at radius 3 is 2.48 bits per heavy atom. The number of alkyl carbamates (subject to hydrolysis) is 1. The van der Waals surface area contributed by atoms with Crippen LogP contribution in [0.2, 0.25) is 0 Å². The Balaban J connectivity index is 1.91. The van der Waals surface area contributed by atoms with Crippen LogP contribution >= 0.6 is 0 Å². The molecule has 0 aliphatic rings. The first kappa shape index (κ1) is 16.6. The summed E-state index contributed by atoms with van der Waals surface area (Å²) in [5, 5.41) is 2.32. The minimum absolute atomic E-state index is 0.0541. The number of hydrogen-bond acceptors (Lipinski definition) is 3. The van der Waals surface area contributed by atoms with Crippen molar-refractivity contribution in [3.05, 3.63) is 71.3 Å². The number of carbonyl (C=O) groups excluding carboxylic acids is 2. The van der Waals surface area contributed by atoms with Crippen molar-refractivity contribution in [2.75, 3.05) is 0 Å². The molecule has 2 aromatic rings. The van der Waals surface area contributed by atoms with Crippen LogP contribution in [-0.4, -0.2) is 17.9 Å². The summed E-state index contributed by atoms with van der Waals surface area (Å²) in [5.41, 5.74) is 0.508. The van der Waals surface area contributed by atoms with Crippen molar-refractivity contribution in [2.45, 2.75) is 19.6 Å². The van der Waals surface area contributed by atoms with Crippen LogP contribution in [-0.2, 0) is 11.3 Å². The lowest BCUT2D eigenvalue weighted by Crippen LogP contribution is -2.39. The minimum atomic E-state index is -1.00. The second-order valence-corrected chi connectivity index (χ2v) is 4.92. The highest BCUT2D eigenvalue weighted by atomic mass is 19.1. The van der Waals surface area contributed by atoms with E-state index in [0.717, 1.165) is 17.7 Å². The maximum atomic E-state index is 13.6. The molecule has 1 amide bonds. The fourth-order valence-electron chi connectivity index (χ4n) is 1.93. The van der Waals surface area contributed by atoms with Gasteiger partial charge < -0.3 is 10.1 Å². The predicted octanol–water partition coefficient (Wildman–Crippen LogP) is 3.46. The van der Waals surface area contributed by atoms with Crippen molar-refractivity contribution < 1.29 is 23.1 Å². The number of halogens is 2. The molecule has 1 N–H and O–H groups in total. The molecule has 0 spiro atoms. The lowest BCUT2D eigenvalue weighted by atomic mass is 10.0. The molecule has 0 aromatic heterocycles. The zero-order valence-electron chi connectivity index (χ0n) is 12.4. The van der Waals surface area contributed by atoms with Crippen molar-refractivity contribution in [3.8, 4) is 0 Å². The van der Waals surface area contributed by atoms with Gasteiger partial charge >= 0.3 is 6.09 Å². The van der Waals surface area contributed by atoms with Crippen molar-refractivity contribution >= 4 is 11.9 Å². The van der Waals surface area contributed by atoms with E-state index < -0.39 is 29.6 Å². The molecule has 0 heterocycles. The average molecular weight is 319 g/mol. The zero-order valence-corrected chi connectivity index (χ0v) is 12.4. The standard InChI is InChI=1S/C17H15F2NO3/c1-11(16(21)14-8-7-13(18)9-15(14)19)20-17(22)23-10-12-5-3-2-4-6-12/h2-9,11H,10H2,1H3,(H,20,22)/t11-/m1/s1. The van der Waals surface area contributed by atoms with Crippen molar-refractivity contribution in [2.24, 2.45) is 0 Å². The number of carbonyl (C=O) groups is 2. The second-order valence-electron chi connectivity index (χ2n) is 4.92. The summed E-state index contributed by atoms with van der Waals surface area (Å²) in [6.45, 7) is 1.45. The molecule has 2 rings (SSSR count). The predicted molar refractivity (Wildman–Crippen MR) is 79.9 cm³/mol. The molecule has 0 saturated carbocycles. The number of ether oxygens (including phenoxy) is 1. The number of amides is 1. The van der Waals surface area contributed by atoms with Crippen LogP contribution in [0.3, 0.4) is 0 Å². The molecular formula is C17H15F2NO3. The zero-order chi connectivity index (χ0) is 16.8. The van der Waals surface area contributed by atoms with Crippen LogP contribution < -0.4 is 5.32 Å². The Morgan fingerprint density at radius 1 is 1.13 bits per heavy atom. The number of hydrogen-bond donors (Lipinski definition) is 1. The van der Waals surface area contributed by atoms with Gasteiger partial charge in [-0.2, -0.15) is 0 Å². The summed E-state index contributed by atoms with van der Waals surface area (Å²) in [7, 11) is 0. The summed E-state index contributed by atoms with van der Waals surface area (Å²) in [6.07, 6.45) is -0.794. The third-order valence-electron chi connectivity index (χ3n) is 3.14. The fraction of sp³-hybridized carbons (Fsp3) is 0.176. The normalized spacial score (nSPS) is 11.6. The molecule has 0 aliphatic heterocycles. The Kier molecular flexibility index (Phi) is 5.41. The van der Waals surface area contributed by atoms with Crippen LogP contribution in [0, 0.1) is 11.6 Å². The molecule has 6 heteroatoms. The van der Waals surface area contributed by atoms with E-state index in [4.69, 9.17) is 4.74 Å². The third kappa shape index (κ3) is 4.60. The monoisotopic (exact) mass is 319 g/mol. The topological polar surface area (TPSA) is 55.4 Å². The molecule has 0 fully saturated rings. The average Bonchev–Trinajstić information content (AvgIpc) is 2.53. The molecule has 23 heavy (non-hydrogen) atoms. The molecule has 0 bridgehead atoms. The Morgan fingerprint density at radius 2 is 1.83 bits per heavy atom. The highest BCUT2D eigenvalue weighted by Crippen LogP contribution is 2.12. The Hall–Kier alpha value is -2.76. The van der Waals surface area contributed by atoms with Gasteiger partial charge in [-0.1, -0.05) is 30.3 Å². The second kappa shape index (κ2) is 7.49. The van der Waals surface area contributed by atoms with E-state index in [1.54, 1.807) is 24.3 Å². The summed E-state index contributed by atoms with van der Waals surface area (Å²) < 4.78 is 31.4. The van der Waals surface area contributed by atoms with E-state index >= 15 is 0 Å². The van der Waals surface area contributed by atoms with Gasteiger partial charge in [-0.15, -0.1) is 0 Å².